The molecule has 30 heavy (non-hydrogen) atoms. The van der Waals surface area contributed by atoms with E-state index in [0.717, 1.165) is 58.7 Å². The maximum absolute atomic E-state index is 12.8. The van der Waals surface area contributed by atoms with Gasteiger partial charge in [0.2, 0.25) is 5.91 Å². The molecule has 166 valence electrons. The van der Waals surface area contributed by atoms with E-state index >= 15 is 0 Å². The highest BCUT2D eigenvalue weighted by molar-refractivity contribution is 5.78. The van der Waals surface area contributed by atoms with E-state index in [4.69, 9.17) is 0 Å². The minimum atomic E-state index is 0.176. The molecule has 0 bridgehead atoms. The number of piperidine rings is 3. The maximum Gasteiger partial charge on any atom is 0.224 e. The quantitative estimate of drug-likeness (QED) is 0.744. The first-order valence-corrected chi connectivity index (χ1v) is 12.1. The lowest BCUT2D eigenvalue weighted by Crippen LogP contribution is -2.51. The molecule has 0 aliphatic carbocycles. The van der Waals surface area contributed by atoms with Crippen molar-refractivity contribution in [1.29, 1.82) is 0 Å². The molecule has 3 fully saturated rings. The lowest BCUT2D eigenvalue weighted by molar-refractivity contribution is -0.127. The number of carbonyl (C=O) groups is 1. The van der Waals surface area contributed by atoms with Crippen LogP contribution in [0.3, 0.4) is 0 Å². The van der Waals surface area contributed by atoms with Crippen LogP contribution in [0.4, 0.5) is 0 Å². The number of hydrogen-bond donors (Lipinski definition) is 1. The number of likely N-dealkylation sites (tertiary alicyclic amines) is 3. The van der Waals surface area contributed by atoms with Gasteiger partial charge in [0.1, 0.15) is 0 Å². The summed E-state index contributed by atoms with van der Waals surface area (Å²) in [5.41, 5.74) is 1.35. The fraction of sp³-hybridized carbons (Fsp3) is 0.750. The summed E-state index contributed by atoms with van der Waals surface area (Å²) >= 11 is 0. The van der Waals surface area contributed by atoms with E-state index in [1.54, 1.807) is 0 Å². The Morgan fingerprint density at radius 3 is 2.47 bits per heavy atom. The van der Waals surface area contributed by atoms with Gasteiger partial charge in [-0.15, -0.1) is 0 Å². The second kappa shape index (κ2) is 11.2. The van der Waals surface area contributed by atoms with Crippen molar-refractivity contribution < 1.29 is 4.79 Å². The molecule has 1 N–H and O–H groups in total. The van der Waals surface area contributed by atoms with Crippen molar-refractivity contribution in [3.8, 4) is 0 Å². The number of amides is 1. The van der Waals surface area contributed by atoms with Crippen LogP contribution in [0, 0.1) is 5.92 Å². The topological polar surface area (TPSA) is 51.7 Å². The van der Waals surface area contributed by atoms with Crippen LogP contribution in [0.25, 0.3) is 0 Å². The van der Waals surface area contributed by atoms with Crippen LogP contribution in [0.15, 0.2) is 24.5 Å². The van der Waals surface area contributed by atoms with Crippen LogP contribution < -0.4 is 5.32 Å². The number of rotatable bonds is 7. The van der Waals surface area contributed by atoms with Crippen molar-refractivity contribution in [3.05, 3.63) is 30.1 Å². The fourth-order valence-electron chi connectivity index (χ4n) is 5.41. The highest BCUT2D eigenvalue weighted by Crippen LogP contribution is 2.24. The first-order chi connectivity index (χ1) is 14.8. The third-order valence-electron chi connectivity index (χ3n) is 7.23. The van der Waals surface area contributed by atoms with Gasteiger partial charge in [-0.05, 0) is 88.9 Å². The molecule has 6 heteroatoms. The Bertz CT molecular complexity index is 640. The Morgan fingerprint density at radius 2 is 1.70 bits per heavy atom. The molecule has 0 unspecified atom stereocenters. The van der Waals surface area contributed by atoms with E-state index in [1.165, 1.54) is 50.8 Å². The number of hydrogen-bond acceptors (Lipinski definition) is 5. The van der Waals surface area contributed by atoms with Gasteiger partial charge in [0.15, 0.2) is 0 Å². The van der Waals surface area contributed by atoms with E-state index in [2.05, 4.69) is 37.1 Å². The second-order valence-corrected chi connectivity index (χ2v) is 9.39. The number of carbonyl (C=O) groups excluding carboxylic acids is 1. The molecule has 4 rings (SSSR count). The summed E-state index contributed by atoms with van der Waals surface area (Å²) in [6, 6.07) is 4.87. The molecule has 1 aromatic heterocycles. The number of aromatic nitrogens is 1. The van der Waals surface area contributed by atoms with Crippen molar-refractivity contribution in [1.82, 2.24) is 25.0 Å². The predicted molar refractivity (Wildman–Crippen MR) is 120 cm³/mol. The zero-order valence-corrected chi connectivity index (χ0v) is 18.5. The first-order valence-electron chi connectivity index (χ1n) is 12.1. The van der Waals surface area contributed by atoms with Crippen LogP contribution in [0.5, 0.6) is 0 Å². The largest absolute Gasteiger partial charge is 0.355 e. The van der Waals surface area contributed by atoms with Gasteiger partial charge in [-0.25, -0.2) is 0 Å². The zero-order valence-electron chi connectivity index (χ0n) is 18.5. The SMILES string of the molecule is O=C(NCCN1CCCCC1)[C@H]1CCCN(C2CCN(Cc3ccncc3)CC2)C1. The van der Waals surface area contributed by atoms with Gasteiger partial charge in [-0.2, -0.15) is 0 Å². The minimum Gasteiger partial charge on any atom is -0.355 e. The van der Waals surface area contributed by atoms with E-state index in [9.17, 15) is 4.79 Å². The van der Waals surface area contributed by atoms with Gasteiger partial charge in [0.05, 0.1) is 5.92 Å². The summed E-state index contributed by atoms with van der Waals surface area (Å²) in [6.45, 7) is 9.65. The minimum absolute atomic E-state index is 0.176. The summed E-state index contributed by atoms with van der Waals surface area (Å²) in [5, 5.41) is 3.24. The van der Waals surface area contributed by atoms with Crippen molar-refractivity contribution in [2.24, 2.45) is 5.92 Å². The van der Waals surface area contributed by atoms with Gasteiger partial charge in [-0.1, -0.05) is 6.42 Å². The van der Waals surface area contributed by atoms with E-state index in [1.807, 2.05) is 12.4 Å². The molecular formula is C24H39N5O. The Balaban J connectivity index is 1.17. The molecule has 6 nitrogen and oxygen atoms in total. The van der Waals surface area contributed by atoms with Gasteiger partial charge < -0.3 is 10.2 Å². The van der Waals surface area contributed by atoms with E-state index in [-0.39, 0.29) is 11.8 Å². The van der Waals surface area contributed by atoms with Crippen molar-refractivity contribution in [2.45, 2.75) is 57.5 Å². The lowest BCUT2D eigenvalue weighted by atomic mass is 9.93. The normalized spacial score (nSPS) is 25.3. The summed E-state index contributed by atoms with van der Waals surface area (Å²) in [7, 11) is 0. The van der Waals surface area contributed by atoms with E-state index in [0.29, 0.717) is 6.04 Å². The lowest BCUT2D eigenvalue weighted by Gasteiger charge is -2.42. The van der Waals surface area contributed by atoms with Crippen molar-refractivity contribution in [2.75, 3.05) is 52.4 Å². The molecule has 1 amide bonds. The number of nitrogens with zero attached hydrogens (tertiary/aromatic N) is 4. The van der Waals surface area contributed by atoms with Crippen LogP contribution in [0.1, 0.15) is 50.5 Å². The fourth-order valence-corrected chi connectivity index (χ4v) is 5.41. The Morgan fingerprint density at radius 1 is 0.933 bits per heavy atom. The highest BCUT2D eigenvalue weighted by Gasteiger charge is 2.31. The summed E-state index contributed by atoms with van der Waals surface area (Å²) in [4.78, 5) is 24.5. The average molecular weight is 414 g/mol. The second-order valence-electron chi connectivity index (χ2n) is 9.39. The molecule has 0 radical (unpaired) electrons. The Labute approximate surface area is 182 Å². The molecule has 3 saturated heterocycles. The Kier molecular flexibility index (Phi) is 8.12. The molecule has 3 aliphatic rings. The standard InChI is InChI=1S/C24H39N5O/c30-24(26-12-18-27-13-2-1-3-14-27)22-5-4-15-29(20-22)23-8-16-28(17-9-23)19-21-6-10-25-11-7-21/h6-7,10-11,22-23H,1-5,8-9,12-20H2,(H,26,30)/t22-/m0/s1. The predicted octanol–water partition coefficient (Wildman–Crippen LogP) is 2.36. The molecular weight excluding hydrogens is 374 g/mol. The summed E-state index contributed by atoms with van der Waals surface area (Å²) < 4.78 is 0. The highest BCUT2D eigenvalue weighted by atomic mass is 16.1. The van der Waals surface area contributed by atoms with Crippen LogP contribution >= 0.6 is 0 Å². The molecule has 0 spiro atoms. The number of pyridine rings is 1. The molecule has 4 heterocycles. The van der Waals surface area contributed by atoms with Crippen molar-refractivity contribution >= 4 is 5.91 Å². The van der Waals surface area contributed by atoms with Gasteiger partial charge in [0.25, 0.3) is 0 Å². The zero-order chi connectivity index (χ0) is 20.6. The van der Waals surface area contributed by atoms with Crippen LogP contribution in [-0.4, -0.2) is 84.0 Å². The first kappa shape index (κ1) is 21.7. The Hall–Kier alpha value is -1.50. The molecule has 1 aromatic rings. The number of nitrogens with one attached hydrogen (secondary N) is 1. The molecule has 0 saturated carbocycles. The van der Waals surface area contributed by atoms with Gasteiger partial charge in [-0.3, -0.25) is 19.6 Å². The average Bonchev–Trinajstić information content (AvgIpc) is 2.81. The van der Waals surface area contributed by atoms with Crippen LogP contribution in [-0.2, 0) is 11.3 Å². The third kappa shape index (κ3) is 6.25. The monoisotopic (exact) mass is 413 g/mol. The molecule has 1 atom stereocenters. The molecule has 3 aliphatic heterocycles. The third-order valence-corrected chi connectivity index (χ3v) is 7.23. The molecule has 0 aromatic carbocycles. The van der Waals surface area contributed by atoms with Crippen LogP contribution in [0.2, 0.25) is 0 Å². The van der Waals surface area contributed by atoms with Gasteiger partial charge in [0, 0.05) is 44.6 Å². The summed E-state index contributed by atoms with van der Waals surface area (Å²) in [5.74, 6) is 0.460. The summed E-state index contributed by atoms with van der Waals surface area (Å²) in [6.07, 6.45) is 12.4. The van der Waals surface area contributed by atoms with Crippen molar-refractivity contribution in [3.63, 3.8) is 0 Å². The van der Waals surface area contributed by atoms with Gasteiger partial charge >= 0.3 is 0 Å². The maximum atomic E-state index is 12.8. The smallest absolute Gasteiger partial charge is 0.224 e. The van der Waals surface area contributed by atoms with E-state index < -0.39 is 0 Å².